The molecular weight excluding hydrogens is 162 g/mol. The zero-order chi connectivity index (χ0) is 8.67. The molecule has 2 heteroatoms. The van der Waals surface area contributed by atoms with Gasteiger partial charge in [0.25, 0.3) is 0 Å². The Hall–Kier alpha value is -1.70. The lowest BCUT2D eigenvalue weighted by molar-refractivity contribution is 0.537. The normalized spacial score (nSPS) is 18.2. The number of hydrogen-bond acceptors (Lipinski definition) is 2. The Morgan fingerprint density at radius 2 is 2.38 bits per heavy atom. The van der Waals surface area contributed by atoms with Gasteiger partial charge in [-0.25, -0.2) is 0 Å². The third-order valence-electron chi connectivity index (χ3n) is 2.38. The summed E-state index contributed by atoms with van der Waals surface area (Å²) < 4.78 is 5.33. The van der Waals surface area contributed by atoms with Crippen molar-refractivity contribution >= 4 is 11.8 Å². The van der Waals surface area contributed by atoms with Crippen LogP contribution in [0.4, 0.5) is 0 Å². The lowest BCUT2D eigenvalue weighted by atomic mass is 10.1. The van der Waals surface area contributed by atoms with E-state index in [-0.39, 0.29) is 0 Å². The molecule has 0 N–H and O–H groups in total. The Morgan fingerprint density at radius 3 is 3.38 bits per heavy atom. The highest BCUT2D eigenvalue weighted by Gasteiger charge is 2.18. The Bertz CT molecular complexity index is 423. The monoisotopic (exact) mass is 171 g/mol. The number of hydrogen-bond donors (Lipinski definition) is 0. The SMILES string of the molecule is C1=CCN2C=Cc3occc3C2=C1. The van der Waals surface area contributed by atoms with Crippen molar-refractivity contribution in [1.29, 1.82) is 0 Å². The largest absolute Gasteiger partial charge is 0.464 e. The fourth-order valence-electron chi connectivity index (χ4n) is 1.73. The van der Waals surface area contributed by atoms with E-state index in [4.69, 9.17) is 4.42 Å². The summed E-state index contributed by atoms with van der Waals surface area (Å²) in [6, 6.07) is 2.01. The van der Waals surface area contributed by atoms with E-state index in [0.29, 0.717) is 0 Å². The molecule has 1 aromatic rings. The molecule has 1 aromatic heterocycles. The average Bonchev–Trinajstić information content (AvgIpc) is 2.65. The molecule has 2 nitrogen and oxygen atoms in total. The lowest BCUT2D eigenvalue weighted by Crippen LogP contribution is -2.19. The maximum absolute atomic E-state index is 5.33. The summed E-state index contributed by atoms with van der Waals surface area (Å²) in [4.78, 5) is 2.21. The van der Waals surface area contributed by atoms with Crippen molar-refractivity contribution in [2.45, 2.75) is 0 Å². The van der Waals surface area contributed by atoms with Crippen LogP contribution in [0.1, 0.15) is 11.3 Å². The molecule has 2 aliphatic heterocycles. The van der Waals surface area contributed by atoms with Gasteiger partial charge in [0.05, 0.1) is 12.0 Å². The Morgan fingerprint density at radius 1 is 1.38 bits per heavy atom. The standard InChI is InChI=1S/C11H9NO/c1-2-6-12-7-4-11-9(5-8-13-11)10(12)3-1/h1-5,7-8H,6H2. The Balaban J connectivity index is 2.21. The van der Waals surface area contributed by atoms with E-state index in [2.05, 4.69) is 29.3 Å². The highest BCUT2D eigenvalue weighted by Crippen LogP contribution is 2.31. The van der Waals surface area contributed by atoms with Crippen molar-refractivity contribution in [1.82, 2.24) is 4.90 Å². The zero-order valence-corrected chi connectivity index (χ0v) is 7.10. The summed E-state index contributed by atoms with van der Waals surface area (Å²) in [6.07, 6.45) is 12.1. The van der Waals surface area contributed by atoms with Crippen LogP contribution in [0.2, 0.25) is 0 Å². The van der Waals surface area contributed by atoms with Crippen LogP contribution >= 0.6 is 0 Å². The van der Waals surface area contributed by atoms with Crippen LogP contribution in [-0.4, -0.2) is 11.4 Å². The molecule has 64 valence electrons. The van der Waals surface area contributed by atoms with Gasteiger partial charge in [0.1, 0.15) is 5.76 Å². The van der Waals surface area contributed by atoms with Gasteiger partial charge >= 0.3 is 0 Å². The van der Waals surface area contributed by atoms with Crippen LogP contribution in [0, 0.1) is 0 Å². The highest BCUT2D eigenvalue weighted by molar-refractivity contribution is 5.77. The fourth-order valence-corrected chi connectivity index (χ4v) is 1.73. The average molecular weight is 171 g/mol. The molecule has 0 aromatic carbocycles. The van der Waals surface area contributed by atoms with Crippen LogP contribution in [0.5, 0.6) is 0 Å². The summed E-state index contributed by atoms with van der Waals surface area (Å²) in [7, 11) is 0. The third-order valence-corrected chi connectivity index (χ3v) is 2.38. The molecular formula is C11H9NO. The van der Waals surface area contributed by atoms with Crippen LogP contribution in [0.25, 0.3) is 11.8 Å². The summed E-state index contributed by atoms with van der Waals surface area (Å²) in [5, 5.41) is 0. The fraction of sp³-hybridized carbons (Fsp3) is 0.0909. The molecule has 0 amide bonds. The maximum Gasteiger partial charge on any atom is 0.137 e. The third kappa shape index (κ3) is 0.886. The molecule has 13 heavy (non-hydrogen) atoms. The quantitative estimate of drug-likeness (QED) is 0.596. The minimum Gasteiger partial charge on any atom is -0.464 e. The van der Waals surface area contributed by atoms with Gasteiger partial charge in [-0.05, 0) is 18.2 Å². The molecule has 0 bridgehead atoms. The van der Waals surface area contributed by atoms with Gasteiger partial charge in [0.15, 0.2) is 0 Å². The molecule has 2 aliphatic rings. The molecule has 0 radical (unpaired) electrons. The van der Waals surface area contributed by atoms with Crippen LogP contribution in [-0.2, 0) is 0 Å². The zero-order valence-electron chi connectivity index (χ0n) is 7.10. The van der Waals surface area contributed by atoms with Gasteiger partial charge in [-0.2, -0.15) is 0 Å². The predicted molar refractivity (Wildman–Crippen MR) is 51.6 cm³/mol. The van der Waals surface area contributed by atoms with E-state index in [0.717, 1.165) is 12.3 Å². The van der Waals surface area contributed by atoms with Crippen molar-refractivity contribution in [2.24, 2.45) is 0 Å². The number of rotatable bonds is 0. The van der Waals surface area contributed by atoms with Gasteiger partial charge < -0.3 is 9.32 Å². The first kappa shape index (κ1) is 6.78. The van der Waals surface area contributed by atoms with Crippen LogP contribution in [0.15, 0.2) is 41.2 Å². The second kappa shape index (κ2) is 2.39. The number of nitrogens with zero attached hydrogens (tertiary/aromatic N) is 1. The Labute approximate surface area is 76.5 Å². The molecule has 0 saturated carbocycles. The molecule has 0 unspecified atom stereocenters. The molecule has 0 atom stereocenters. The highest BCUT2D eigenvalue weighted by atomic mass is 16.3. The summed E-state index contributed by atoms with van der Waals surface area (Å²) in [5.74, 6) is 0.956. The number of furan rings is 1. The van der Waals surface area contributed by atoms with Crippen molar-refractivity contribution in [3.8, 4) is 0 Å². The van der Waals surface area contributed by atoms with E-state index in [1.165, 1.54) is 11.3 Å². The maximum atomic E-state index is 5.33. The molecule has 3 heterocycles. The van der Waals surface area contributed by atoms with Gasteiger partial charge in [0.2, 0.25) is 0 Å². The van der Waals surface area contributed by atoms with Crippen LogP contribution < -0.4 is 0 Å². The van der Waals surface area contributed by atoms with E-state index in [1.807, 2.05) is 12.1 Å². The molecule has 0 aliphatic carbocycles. The molecule has 0 saturated heterocycles. The molecule has 0 spiro atoms. The second-order valence-electron chi connectivity index (χ2n) is 3.15. The molecule has 0 fully saturated rings. The first-order valence-electron chi connectivity index (χ1n) is 4.35. The lowest BCUT2D eigenvalue weighted by Gasteiger charge is -2.26. The summed E-state index contributed by atoms with van der Waals surface area (Å²) in [5.41, 5.74) is 2.42. The predicted octanol–water partition coefficient (Wildman–Crippen LogP) is 2.48. The summed E-state index contributed by atoms with van der Waals surface area (Å²) >= 11 is 0. The van der Waals surface area contributed by atoms with Crippen molar-refractivity contribution in [3.05, 3.63) is 48.1 Å². The topological polar surface area (TPSA) is 16.4 Å². The second-order valence-corrected chi connectivity index (χ2v) is 3.15. The van der Waals surface area contributed by atoms with Crippen molar-refractivity contribution in [3.63, 3.8) is 0 Å². The Kier molecular flexibility index (Phi) is 1.25. The van der Waals surface area contributed by atoms with E-state index >= 15 is 0 Å². The van der Waals surface area contributed by atoms with Gasteiger partial charge in [-0.3, -0.25) is 0 Å². The first-order chi connectivity index (χ1) is 6.45. The van der Waals surface area contributed by atoms with Crippen molar-refractivity contribution in [2.75, 3.05) is 6.54 Å². The van der Waals surface area contributed by atoms with E-state index in [1.54, 1.807) is 6.26 Å². The summed E-state index contributed by atoms with van der Waals surface area (Å²) in [6.45, 7) is 0.951. The van der Waals surface area contributed by atoms with Gasteiger partial charge in [-0.1, -0.05) is 12.2 Å². The molecule has 3 rings (SSSR count). The van der Waals surface area contributed by atoms with Crippen LogP contribution in [0.3, 0.4) is 0 Å². The van der Waals surface area contributed by atoms with Crippen molar-refractivity contribution < 1.29 is 4.42 Å². The van der Waals surface area contributed by atoms with E-state index in [9.17, 15) is 0 Å². The number of allylic oxidation sites excluding steroid dienone is 2. The van der Waals surface area contributed by atoms with Gasteiger partial charge in [0, 0.05) is 18.3 Å². The number of fused-ring (bicyclic) bond motifs is 3. The minimum atomic E-state index is 0.951. The minimum absolute atomic E-state index is 0.951. The van der Waals surface area contributed by atoms with E-state index < -0.39 is 0 Å². The first-order valence-corrected chi connectivity index (χ1v) is 4.35. The van der Waals surface area contributed by atoms with Gasteiger partial charge in [-0.15, -0.1) is 0 Å². The smallest absolute Gasteiger partial charge is 0.137 e.